The third-order valence-corrected chi connectivity index (χ3v) is 5.30. The van der Waals surface area contributed by atoms with Gasteiger partial charge >= 0.3 is 0 Å². The molecular formula is C11H18N2O4S2. The molecule has 0 radical (unpaired) electrons. The van der Waals surface area contributed by atoms with Gasteiger partial charge in [0.15, 0.2) is 0 Å². The zero-order valence-electron chi connectivity index (χ0n) is 11.3. The van der Waals surface area contributed by atoms with Crippen LogP contribution in [-0.4, -0.2) is 31.7 Å². The first-order valence-electron chi connectivity index (χ1n) is 5.77. The van der Waals surface area contributed by atoms with Gasteiger partial charge in [-0.25, -0.2) is 13.4 Å². The quantitative estimate of drug-likeness (QED) is 0.855. The standard InChI is InChI=1S/C11H18N2O4S2/c1-7(2)19(15,16)13-10(14)5-9-6-18-11(12-9)8(3)17-4/h6-8H,5H2,1-4H3,(H,13,14). The summed E-state index contributed by atoms with van der Waals surface area (Å²) in [5.74, 6) is -0.574. The van der Waals surface area contributed by atoms with Gasteiger partial charge in [0.25, 0.3) is 0 Å². The predicted octanol–water partition coefficient (Wildman–Crippen LogP) is 1.25. The van der Waals surface area contributed by atoms with Crippen molar-refractivity contribution >= 4 is 27.3 Å². The van der Waals surface area contributed by atoms with E-state index in [4.69, 9.17) is 4.74 Å². The molecule has 0 aliphatic carbocycles. The number of sulfonamides is 1. The Bertz CT molecular complexity index is 537. The highest BCUT2D eigenvalue weighted by atomic mass is 32.2. The molecule has 1 rings (SSSR count). The summed E-state index contributed by atoms with van der Waals surface area (Å²) in [6.45, 7) is 4.87. The monoisotopic (exact) mass is 306 g/mol. The van der Waals surface area contributed by atoms with Crippen molar-refractivity contribution in [2.24, 2.45) is 0 Å². The number of nitrogens with zero attached hydrogens (tertiary/aromatic N) is 1. The highest BCUT2D eigenvalue weighted by molar-refractivity contribution is 7.90. The highest BCUT2D eigenvalue weighted by Gasteiger charge is 2.20. The number of aromatic nitrogens is 1. The zero-order valence-corrected chi connectivity index (χ0v) is 13.0. The summed E-state index contributed by atoms with van der Waals surface area (Å²) >= 11 is 1.38. The minimum atomic E-state index is -3.58. The van der Waals surface area contributed by atoms with Gasteiger partial charge in [-0.05, 0) is 20.8 Å². The van der Waals surface area contributed by atoms with Gasteiger partial charge in [0.05, 0.1) is 17.4 Å². The van der Waals surface area contributed by atoms with Crippen LogP contribution in [-0.2, 0) is 26.0 Å². The number of carbonyl (C=O) groups is 1. The van der Waals surface area contributed by atoms with Crippen LogP contribution in [0.4, 0.5) is 0 Å². The van der Waals surface area contributed by atoms with E-state index in [-0.39, 0.29) is 12.5 Å². The van der Waals surface area contributed by atoms with E-state index in [1.807, 2.05) is 11.6 Å². The average Bonchev–Trinajstić information content (AvgIpc) is 2.75. The van der Waals surface area contributed by atoms with Gasteiger partial charge in [0, 0.05) is 12.5 Å². The number of thiazole rings is 1. The number of hydrogen-bond donors (Lipinski definition) is 1. The van der Waals surface area contributed by atoms with Crippen molar-refractivity contribution in [2.45, 2.75) is 38.5 Å². The number of nitrogens with one attached hydrogen (secondary N) is 1. The van der Waals surface area contributed by atoms with E-state index in [0.717, 1.165) is 5.01 Å². The summed E-state index contributed by atoms with van der Waals surface area (Å²) in [6, 6.07) is 0. The second kappa shape index (κ2) is 6.44. The van der Waals surface area contributed by atoms with Gasteiger partial charge in [-0.2, -0.15) is 0 Å². The van der Waals surface area contributed by atoms with Crippen LogP contribution >= 0.6 is 11.3 Å². The fraction of sp³-hybridized carbons (Fsp3) is 0.636. The largest absolute Gasteiger partial charge is 0.375 e. The molecule has 1 heterocycles. The first kappa shape index (κ1) is 16.1. The minimum Gasteiger partial charge on any atom is -0.375 e. The van der Waals surface area contributed by atoms with Gasteiger partial charge in [0.2, 0.25) is 15.9 Å². The van der Waals surface area contributed by atoms with E-state index >= 15 is 0 Å². The van der Waals surface area contributed by atoms with Crippen molar-refractivity contribution in [1.82, 2.24) is 9.71 Å². The van der Waals surface area contributed by atoms with Crippen LogP contribution in [0.1, 0.15) is 37.6 Å². The Kier molecular flexibility index (Phi) is 5.45. The fourth-order valence-corrected chi connectivity index (χ4v) is 2.64. The molecule has 8 heteroatoms. The Hall–Kier alpha value is -0.990. The highest BCUT2D eigenvalue weighted by Crippen LogP contribution is 2.20. The van der Waals surface area contributed by atoms with Crippen LogP contribution in [0.15, 0.2) is 5.38 Å². The van der Waals surface area contributed by atoms with Crippen LogP contribution in [0.25, 0.3) is 0 Å². The van der Waals surface area contributed by atoms with Crippen molar-refractivity contribution in [2.75, 3.05) is 7.11 Å². The van der Waals surface area contributed by atoms with E-state index in [2.05, 4.69) is 4.98 Å². The first-order valence-corrected chi connectivity index (χ1v) is 8.20. The van der Waals surface area contributed by atoms with Crippen LogP contribution in [0.5, 0.6) is 0 Å². The number of rotatable bonds is 6. The number of methoxy groups -OCH3 is 1. The second-order valence-corrected chi connectivity index (χ2v) is 7.48. The average molecular weight is 306 g/mol. The predicted molar refractivity (Wildman–Crippen MR) is 73.4 cm³/mol. The van der Waals surface area contributed by atoms with Crippen molar-refractivity contribution in [3.05, 3.63) is 16.1 Å². The van der Waals surface area contributed by atoms with Gasteiger partial charge in [0.1, 0.15) is 11.1 Å². The third kappa shape index (κ3) is 4.55. The van der Waals surface area contributed by atoms with E-state index < -0.39 is 21.2 Å². The molecule has 0 bridgehead atoms. The SMILES string of the molecule is COC(C)c1nc(CC(=O)NS(=O)(=O)C(C)C)cs1. The Morgan fingerprint density at radius 2 is 2.11 bits per heavy atom. The molecule has 0 spiro atoms. The van der Waals surface area contributed by atoms with Crippen LogP contribution in [0.3, 0.4) is 0 Å². The van der Waals surface area contributed by atoms with Crippen LogP contribution < -0.4 is 4.72 Å². The molecule has 1 amide bonds. The maximum Gasteiger partial charge on any atom is 0.239 e. The molecule has 6 nitrogen and oxygen atoms in total. The molecule has 0 fully saturated rings. The summed E-state index contributed by atoms with van der Waals surface area (Å²) in [7, 11) is -2.00. The summed E-state index contributed by atoms with van der Waals surface area (Å²) < 4.78 is 30.2. The Balaban J connectivity index is 2.66. The third-order valence-electron chi connectivity index (χ3n) is 2.49. The Morgan fingerprint density at radius 3 is 2.63 bits per heavy atom. The molecule has 1 aromatic heterocycles. The van der Waals surface area contributed by atoms with Crippen LogP contribution in [0.2, 0.25) is 0 Å². The van der Waals surface area contributed by atoms with Crippen molar-refractivity contribution in [3.8, 4) is 0 Å². The Morgan fingerprint density at radius 1 is 1.47 bits per heavy atom. The van der Waals surface area contributed by atoms with Crippen molar-refractivity contribution in [3.63, 3.8) is 0 Å². The molecule has 1 aromatic rings. The molecule has 0 aliphatic heterocycles. The fourth-order valence-electron chi connectivity index (χ4n) is 1.17. The molecule has 1 N–H and O–H groups in total. The molecule has 0 saturated heterocycles. The normalized spacial score (nSPS) is 13.5. The smallest absolute Gasteiger partial charge is 0.239 e. The second-order valence-electron chi connectivity index (χ2n) is 4.35. The summed E-state index contributed by atoms with van der Waals surface area (Å²) in [5.41, 5.74) is 0.542. The number of ether oxygens (including phenoxy) is 1. The maximum absolute atomic E-state index is 11.6. The summed E-state index contributed by atoms with van der Waals surface area (Å²) in [6.07, 6.45) is -0.194. The van der Waals surface area contributed by atoms with E-state index in [1.54, 1.807) is 12.5 Å². The van der Waals surface area contributed by atoms with E-state index in [0.29, 0.717) is 5.69 Å². The first-order chi connectivity index (χ1) is 8.76. The summed E-state index contributed by atoms with van der Waals surface area (Å²) in [5, 5.41) is 1.85. The lowest BCUT2D eigenvalue weighted by atomic mass is 10.3. The topological polar surface area (TPSA) is 85.4 Å². The molecule has 0 aliphatic rings. The van der Waals surface area contributed by atoms with Gasteiger partial charge in [-0.1, -0.05) is 0 Å². The zero-order chi connectivity index (χ0) is 14.6. The Labute approximate surface area is 117 Å². The molecule has 1 atom stereocenters. The van der Waals surface area contributed by atoms with Gasteiger partial charge < -0.3 is 4.74 Å². The van der Waals surface area contributed by atoms with E-state index in [1.165, 1.54) is 25.2 Å². The summed E-state index contributed by atoms with van der Waals surface area (Å²) in [4.78, 5) is 15.9. The molecule has 0 saturated carbocycles. The molecule has 0 aromatic carbocycles. The van der Waals surface area contributed by atoms with E-state index in [9.17, 15) is 13.2 Å². The number of carbonyl (C=O) groups excluding carboxylic acids is 1. The van der Waals surface area contributed by atoms with Crippen molar-refractivity contribution in [1.29, 1.82) is 0 Å². The molecule has 108 valence electrons. The molecule has 19 heavy (non-hydrogen) atoms. The lowest BCUT2D eigenvalue weighted by Crippen LogP contribution is -2.36. The number of hydrogen-bond acceptors (Lipinski definition) is 6. The van der Waals surface area contributed by atoms with Gasteiger partial charge in [-0.3, -0.25) is 9.52 Å². The lowest BCUT2D eigenvalue weighted by molar-refractivity contribution is -0.118. The number of amides is 1. The minimum absolute atomic E-state index is 0.0567. The molecule has 1 unspecified atom stereocenters. The maximum atomic E-state index is 11.6. The van der Waals surface area contributed by atoms with Crippen molar-refractivity contribution < 1.29 is 17.9 Å². The molecular weight excluding hydrogens is 288 g/mol. The lowest BCUT2D eigenvalue weighted by Gasteiger charge is -2.08. The van der Waals surface area contributed by atoms with Crippen LogP contribution in [0, 0.1) is 0 Å². The van der Waals surface area contributed by atoms with Gasteiger partial charge in [-0.15, -0.1) is 11.3 Å².